The Morgan fingerprint density at radius 3 is 2.42 bits per heavy atom. The summed E-state index contributed by atoms with van der Waals surface area (Å²) in [6.07, 6.45) is 4.75. The van der Waals surface area contributed by atoms with Gasteiger partial charge in [0.25, 0.3) is 5.56 Å². The zero-order valence-electron chi connectivity index (χ0n) is 14.8. The van der Waals surface area contributed by atoms with E-state index in [1.54, 1.807) is 18.1 Å². The van der Waals surface area contributed by atoms with Crippen LogP contribution in [0.1, 0.15) is 51.3 Å². The van der Waals surface area contributed by atoms with Gasteiger partial charge in [-0.25, -0.2) is 4.79 Å². The van der Waals surface area contributed by atoms with Gasteiger partial charge in [-0.3, -0.25) is 19.5 Å². The molecule has 7 heteroatoms. The third-order valence-electron chi connectivity index (χ3n) is 5.18. The summed E-state index contributed by atoms with van der Waals surface area (Å²) in [5, 5.41) is 3.45. The molecule has 1 amide bonds. The van der Waals surface area contributed by atoms with Crippen molar-refractivity contribution in [1.29, 1.82) is 0 Å². The van der Waals surface area contributed by atoms with Crippen molar-refractivity contribution in [1.82, 2.24) is 19.4 Å². The average Bonchev–Trinajstić information content (AvgIpc) is 3.10. The molecule has 1 atom stereocenters. The topological polar surface area (TPSA) is 76.3 Å². The van der Waals surface area contributed by atoms with Crippen LogP contribution in [0.2, 0.25) is 0 Å². The van der Waals surface area contributed by atoms with E-state index in [0.29, 0.717) is 18.0 Å². The Hall–Kier alpha value is -1.89. The van der Waals surface area contributed by atoms with Gasteiger partial charge in [0.05, 0.1) is 11.1 Å². The highest BCUT2D eigenvalue weighted by atomic mass is 16.2. The molecule has 132 valence electrons. The van der Waals surface area contributed by atoms with Crippen molar-refractivity contribution in [2.24, 2.45) is 20.0 Å². The highest BCUT2D eigenvalue weighted by Crippen LogP contribution is 2.40. The molecule has 1 saturated carbocycles. The lowest BCUT2D eigenvalue weighted by molar-refractivity contribution is -0.133. The van der Waals surface area contributed by atoms with Crippen LogP contribution in [-0.4, -0.2) is 32.0 Å². The molecule has 0 aromatic carbocycles. The van der Waals surface area contributed by atoms with E-state index >= 15 is 0 Å². The van der Waals surface area contributed by atoms with Gasteiger partial charge >= 0.3 is 5.69 Å². The first kappa shape index (κ1) is 17.0. The normalized spacial score (nSPS) is 23.0. The molecule has 1 saturated heterocycles. The molecule has 0 unspecified atom stereocenters. The molecule has 0 bridgehead atoms. The van der Waals surface area contributed by atoms with Gasteiger partial charge in [0.1, 0.15) is 6.17 Å². The largest absolute Gasteiger partial charge is 0.330 e. The molecular formula is C17H26N4O3. The highest BCUT2D eigenvalue weighted by Gasteiger charge is 2.53. The Morgan fingerprint density at radius 2 is 1.83 bits per heavy atom. The number of hydrogen-bond acceptors (Lipinski definition) is 4. The summed E-state index contributed by atoms with van der Waals surface area (Å²) >= 11 is 0. The molecule has 7 nitrogen and oxygen atoms in total. The summed E-state index contributed by atoms with van der Waals surface area (Å²) in [7, 11) is 3.10. The molecule has 1 spiro atoms. The summed E-state index contributed by atoms with van der Waals surface area (Å²) in [5.41, 5.74) is -0.789. The predicted molar refractivity (Wildman–Crippen MR) is 90.6 cm³/mol. The number of nitrogens with zero attached hydrogens (tertiary/aromatic N) is 3. The monoisotopic (exact) mass is 334 g/mol. The second kappa shape index (κ2) is 5.88. The molecule has 1 N–H and O–H groups in total. The van der Waals surface area contributed by atoms with Crippen LogP contribution in [-0.2, 0) is 18.9 Å². The summed E-state index contributed by atoms with van der Waals surface area (Å²) < 4.78 is 2.50. The van der Waals surface area contributed by atoms with Crippen LogP contribution < -0.4 is 16.6 Å². The van der Waals surface area contributed by atoms with Crippen molar-refractivity contribution in [3.05, 3.63) is 32.6 Å². The van der Waals surface area contributed by atoms with E-state index in [0.717, 1.165) is 30.3 Å². The number of carbonyl (C=O) groups is 1. The number of amides is 1. The van der Waals surface area contributed by atoms with Crippen molar-refractivity contribution in [2.45, 2.75) is 51.2 Å². The van der Waals surface area contributed by atoms with Gasteiger partial charge in [0, 0.05) is 26.8 Å². The molecule has 2 aliphatic rings. The van der Waals surface area contributed by atoms with Crippen LogP contribution in [0, 0.1) is 5.92 Å². The molecule has 1 aromatic heterocycles. The average molecular weight is 334 g/mol. The summed E-state index contributed by atoms with van der Waals surface area (Å²) in [4.78, 5) is 39.5. The van der Waals surface area contributed by atoms with Gasteiger partial charge in [-0.2, -0.15) is 0 Å². The lowest BCUT2D eigenvalue weighted by atomic mass is 9.98. The van der Waals surface area contributed by atoms with E-state index in [1.165, 1.54) is 11.6 Å². The van der Waals surface area contributed by atoms with Crippen molar-refractivity contribution >= 4 is 5.91 Å². The lowest BCUT2D eigenvalue weighted by Crippen LogP contribution is -2.45. The second-order valence-corrected chi connectivity index (χ2v) is 7.53. The van der Waals surface area contributed by atoms with Crippen LogP contribution in [0.4, 0.5) is 0 Å². The predicted octanol–water partition coefficient (Wildman–Crippen LogP) is 0.483. The molecule has 3 rings (SSSR count). The first-order valence-corrected chi connectivity index (χ1v) is 8.62. The van der Waals surface area contributed by atoms with E-state index in [1.807, 2.05) is 0 Å². The van der Waals surface area contributed by atoms with Crippen LogP contribution >= 0.6 is 0 Å². The van der Waals surface area contributed by atoms with Gasteiger partial charge in [0.15, 0.2) is 0 Å². The minimum Gasteiger partial charge on any atom is -0.321 e. The number of carbonyl (C=O) groups excluding carboxylic acids is 1. The Bertz CT molecular complexity index is 771. The standard InChI is InChI=1S/C17H26N4O3/c1-11(2)9-21-13(18-17(15(21)23)7-5-6-8-17)12-10-19(3)16(24)20(4)14(12)22/h10-11,13,18H,5-9H2,1-4H3/t13-/m1/s1. The summed E-state index contributed by atoms with van der Waals surface area (Å²) in [6.45, 7) is 4.70. The third-order valence-corrected chi connectivity index (χ3v) is 5.18. The highest BCUT2D eigenvalue weighted by molar-refractivity contribution is 5.89. The molecule has 1 aliphatic carbocycles. The zero-order chi connectivity index (χ0) is 17.6. The van der Waals surface area contributed by atoms with Crippen LogP contribution in [0.25, 0.3) is 0 Å². The van der Waals surface area contributed by atoms with E-state index in [2.05, 4.69) is 19.2 Å². The van der Waals surface area contributed by atoms with Gasteiger partial charge in [-0.1, -0.05) is 26.7 Å². The Balaban J connectivity index is 2.09. The van der Waals surface area contributed by atoms with E-state index < -0.39 is 11.7 Å². The van der Waals surface area contributed by atoms with Crippen molar-refractivity contribution < 1.29 is 4.79 Å². The Morgan fingerprint density at radius 1 is 1.21 bits per heavy atom. The maximum absolute atomic E-state index is 13.1. The van der Waals surface area contributed by atoms with E-state index in [4.69, 9.17) is 0 Å². The Kier molecular flexibility index (Phi) is 4.15. The SMILES string of the molecule is CC(C)CN1C(=O)C2(CCCC2)N[C@H]1c1cn(C)c(=O)n(C)c1=O. The fourth-order valence-electron chi connectivity index (χ4n) is 3.98. The third kappa shape index (κ3) is 2.51. The van der Waals surface area contributed by atoms with Crippen LogP contribution in [0.5, 0.6) is 0 Å². The minimum atomic E-state index is -0.542. The fraction of sp³-hybridized carbons (Fsp3) is 0.706. The molecular weight excluding hydrogens is 308 g/mol. The number of nitrogens with one attached hydrogen (secondary N) is 1. The molecule has 0 radical (unpaired) electrons. The van der Waals surface area contributed by atoms with Gasteiger partial charge in [-0.05, 0) is 18.8 Å². The molecule has 1 aliphatic heterocycles. The maximum Gasteiger partial charge on any atom is 0.330 e. The van der Waals surface area contributed by atoms with Crippen LogP contribution in [0.3, 0.4) is 0 Å². The number of aryl methyl sites for hydroxylation is 1. The zero-order valence-corrected chi connectivity index (χ0v) is 14.8. The first-order valence-electron chi connectivity index (χ1n) is 8.62. The van der Waals surface area contributed by atoms with Gasteiger partial charge < -0.3 is 9.47 Å². The smallest absolute Gasteiger partial charge is 0.321 e. The second-order valence-electron chi connectivity index (χ2n) is 7.53. The van der Waals surface area contributed by atoms with Crippen LogP contribution in [0.15, 0.2) is 15.8 Å². The number of hydrogen-bond donors (Lipinski definition) is 1. The van der Waals surface area contributed by atoms with Crippen molar-refractivity contribution in [3.63, 3.8) is 0 Å². The summed E-state index contributed by atoms with van der Waals surface area (Å²) in [5.74, 6) is 0.390. The Labute approximate surface area is 141 Å². The molecule has 2 heterocycles. The maximum atomic E-state index is 13.1. The number of aromatic nitrogens is 2. The molecule has 2 fully saturated rings. The first-order chi connectivity index (χ1) is 11.3. The lowest BCUT2D eigenvalue weighted by Gasteiger charge is -2.26. The van der Waals surface area contributed by atoms with Gasteiger partial charge in [0.2, 0.25) is 5.91 Å². The fourth-order valence-corrected chi connectivity index (χ4v) is 3.98. The van der Waals surface area contributed by atoms with Gasteiger partial charge in [-0.15, -0.1) is 0 Å². The molecule has 1 aromatic rings. The van der Waals surface area contributed by atoms with E-state index in [-0.39, 0.29) is 17.2 Å². The van der Waals surface area contributed by atoms with E-state index in [9.17, 15) is 14.4 Å². The summed E-state index contributed by atoms with van der Waals surface area (Å²) in [6, 6.07) is 0. The molecule has 24 heavy (non-hydrogen) atoms. The quantitative estimate of drug-likeness (QED) is 0.872. The van der Waals surface area contributed by atoms with Crippen molar-refractivity contribution in [2.75, 3.05) is 6.54 Å². The number of rotatable bonds is 3. The minimum absolute atomic E-state index is 0.0922. The van der Waals surface area contributed by atoms with Crippen molar-refractivity contribution in [3.8, 4) is 0 Å².